The Balaban J connectivity index is 1.32. The zero-order chi connectivity index (χ0) is 27.9. The minimum atomic E-state index is -0.392. The number of carbonyl (C=O) groups excluding carboxylic acids is 1. The Kier molecular flexibility index (Phi) is 9.08. The third-order valence-corrected chi connectivity index (χ3v) is 8.85. The average Bonchev–Trinajstić information content (AvgIpc) is 3.51. The van der Waals surface area contributed by atoms with E-state index < -0.39 is 5.91 Å². The van der Waals surface area contributed by atoms with Crippen LogP contribution in [0.15, 0.2) is 78.9 Å². The summed E-state index contributed by atoms with van der Waals surface area (Å²) in [6.07, 6.45) is 3.34. The Morgan fingerprint density at radius 2 is 1.85 bits per heavy atom. The van der Waals surface area contributed by atoms with Gasteiger partial charge in [-0.3, -0.25) is 9.78 Å². The highest BCUT2D eigenvalue weighted by atomic mass is 35.5. The number of carbonyl (C=O) groups is 1. The molecule has 5 rings (SSSR count). The second kappa shape index (κ2) is 13.1. The van der Waals surface area contributed by atoms with Crippen LogP contribution in [0.3, 0.4) is 0 Å². The molecule has 0 aliphatic carbocycles. The van der Waals surface area contributed by atoms with Gasteiger partial charge in [-0.15, -0.1) is 10.2 Å². The summed E-state index contributed by atoms with van der Waals surface area (Å²) in [6, 6.07) is 26.4. The van der Waals surface area contributed by atoms with Crippen LogP contribution in [0.25, 0.3) is 10.9 Å². The number of fused-ring (bicyclic) bond motifs is 1. The van der Waals surface area contributed by atoms with Crippen molar-refractivity contribution < 1.29 is 4.79 Å². The van der Waals surface area contributed by atoms with Crippen LogP contribution in [0.1, 0.15) is 63.1 Å². The highest BCUT2D eigenvalue weighted by molar-refractivity contribution is 7.99. The van der Waals surface area contributed by atoms with E-state index in [-0.39, 0.29) is 11.2 Å². The first-order valence-corrected chi connectivity index (χ1v) is 14.8. The van der Waals surface area contributed by atoms with Gasteiger partial charge in [-0.05, 0) is 66.6 Å². The summed E-state index contributed by atoms with van der Waals surface area (Å²) in [4.78, 5) is 16.8. The zero-order valence-electron chi connectivity index (χ0n) is 22.3. The maximum atomic E-state index is 12.0. The van der Waals surface area contributed by atoms with Crippen LogP contribution in [0.2, 0.25) is 5.02 Å². The van der Waals surface area contributed by atoms with Gasteiger partial charge in [0.1, 0.15) is 0 Å². The second-order valence-corrected chi connectivity index (χ2v) is 11.6. The van der Waals surface area contributed by atoms with Gasteiger partial charge in [0.15, 0.2) is 5.82 Å². The van der Waals surface area contributed by atoms with Crippen molar-refractivity contribution in [1.82, 2.24) is 25.6 Å². The number of primary amides is 1. The van der Waals surface area contributed by atoms with Crippen molar-refractivity contribution in [1.29, 1.82) is 0 Å². The van der Waals surface area contributed by atoms with E-state index in [1.807, 2.05) is 48.2 Å². The Morgan fingerprint density at radius 3 is 2.67 bits per heavy atom. The van der Waals surface area contributed by atoms with E-state index in [4.69, 9.17) is 22.3 Å². The van der Waals surface area contributed by atoms with Crippen LogP contribution in [-0.2, 0) is 19.3 Å². The summed E-state index contributed by atoms with van der Waals surface area (Å²) in [5.74, 6) is 1.32. The lowest BCUT2D eigenvalue weighted by Crippen LogP contribution is -2.14. The number of nitrogens with one attached hydrogen (secondary N) is 1. The number of aryl methyl sites for hydroxylation is 3. The summed E-state index contributed by atoms with van der Waals surface area (Å²) in [7, 11) is 0. The van der Waals surface area contributed by atoms with Crippen LogP contribution < -0.4 is 5.73 Å². The Morgan fingerprint density at radius 1 is 1.00 bits per heavy atom. The maximum Gasteiger partial charge on any atom is 0.248 e. The number of rotatable bonds is 12. The molecule has 0 aliphatic heterocycles. The fourth-order valence-corrected chi connectivity index (χ4v) is 6.28. The first-order valence-electron chi connectivity index (χ1n) is 13.3. The van der Waals surface area contributed by atoms with E-state index in [2.05, 4.69) is 63.9 Å². The van der Waals surface area contributed by atoms with E-state index in [9.17, 15) is 4.79 Å². The van der Waals surface area contributed by atoms with E-state index in [0.29, 0.717) is 16.4 Å². The third kappa shape index (κ3) is 7.06. The molecule has 0 saturated heterocycles. The van der Waals surface area contributed by atoms with Gasteiger partial charge in [0.25, 0.3) is 0 Å². The number of hydrogen-bond acceptors (Lipinski definition) is 6. The number of aromatic nitrogens is 5. The summed E-state index contributed by atoms with van der Waals surface area (Å²) < 4.78 is 0. The number of aromatic amines is 1. The number of halogens is 1. The highest BCUT2D eigenvalue weighted by Gasteiger charge is 2.19. The number of nitrogens with two attached hydrogens (primary N) is 1. The summed E-state index contributed by atoms with van der Waals surface area (Å²) in [5, 5.41) is 16.6. The zero-order valence-corrected chi connectivity index (χ0v) is 23.8. The molecule has 204 valence electrons. The van der Waals surface area contributed by atoms with Gasteiger partial charge in [0, 0.05) is 38.6 Å². The molecule has 0 fully saturated rings. The molecule has 2 unspecified atom stereocenters. The number of benzene rings is 3. The van der Waals surface area contributed by atoms with Crippen molar-refractivity contribution in [3.05, 3.63) is 118 Å². The van der Waals surface area contributed by atoms with Crippen LogP contribution in [-0.4, -0.2) is 37.3 Å². The van der Waals surface area contributed by atoms with Crippen LogP contribution in [0.4, 0.5) is 0 Å². The SMILES string of the molecule is CC(CSC(CCc1ccccc1C(N)=O)c1cccc(CCc2ccc3ccc(Cl)cc3n2)c1)c1nn[nH]n1. The molecule has 0 radical (unpaired) electrons. The lowest BCUT2D eigenvalue weighted by Gasteiger charge is -2.20. The van der Waals surface area contributed by atoms with Gasteiger partial charge < -0.3 is 5.73 Å². The number of pyridine rings is 1. The first-order chi connectivity index (χ1) is 19.5. The number of hydrogen-bond donors (Lipinski definition) is 2. The molecule has 2 heterocycles. The molecule has 3 aromatic carbocycles. The average molecular weight is 571 g/mol. The first kappa shape index (κ1) is 27.8. The normalized spacial score (nSPS) is 12.8. The molecule has 5 aromatic rings. The number of tetrazole rings is 1. The molecule has 40 heavy (non-hydrogen) atoms. The van der Waals surface area contributed by atoms with E-state index >= 15 is 0 Å². The smallest absolute Gasteiger partial charge is 0.248 e. The van der Waals surface area contributed by atoms with E-state index in [0.717, 1.165) is 53.6 Å². The Labute approximate surface area is 242 Å². The molecular weight excluding hydrogens is 540 g/mol. The molecule has 2 aromatic heterocycles. The molecule has 7 nitrogen and oxygen atoms in total. The quantitative estimate of drug-likeness (QED) is 0.177. The monoisotopic (exact) mass is 570 g/mol. The van der Waals surface area contributed by atoms with Crippen molar-refractivity contribution in [2.75, 3.05) is 5.75 Å². The van der Waals surface area contributed by atoms with Crippen LogP contribution in [0.5, 0.6) is 0 Å². The van der Waals surface area contributed by atoms with Crippen molar-refractivity contribution in [3.63, 3.8) is 0 Å². The topological polar surface area (TPSA) is 110 Å². The van der Waals surface area contributed by atoms with Gasteiger partial charge in [-0.2, -0.15) is 17.0 Å². The van der Waals surface area contributed by atoms with Crippen LogP contribution in [0, 0.1) is 0 Å². The minimum Gasteiger partial charge on any atom is -0.366 e. The van der Waals surface area contributed by atoms with Gasteiger partial charge >= 0.3 is 0 Å². The number of H-pyrrole nitrogens is 1. The fraction of sp³-hybridized carbons (Fsp3) is 0.258. The molecule has 2 atom stereocenters. The van der Waals surface area contributed by atoms with E-state index in [1.54, 1.807) is 6.07 Å². The fourth-order valence-electron chi connectivity index (χ4n) is 4.82. The summed E-state index contributed by atoms with van der Waals surface area (Å²) in [5.41, 5.74) is 11.7. The summed E-state index contributed by atoms with van der Waals surface area (Å²) >= 11 is 8.06. The molecule has 0 saturated carbocycles. The molecular formula is C31H31ClN6OS. The van der Waals surface area contributed by atoms with Crippen LogP contribution >= 0.6 is 23.4 Å². The third-order valence-electron chi connectivity index (χ3n) is 7.01. The number of nitrogens with zero attached hydrogens (tertiary/aromatic N) is 4. The number of thioether (sulfide) groups is 1. The molecule has 0 spiro atoms. The van der Waals surface area contributed by atoms with Crippen molar-refractivity contribution in [2.24, 2.45) is 5.73 Å². The standard InChI is InChI=1S/C31H31ClN6OS/c1-20(31-35-37-38-36-31)19-40-29(16-12-22-6-2-3-8-27(22)30(33)39)24-7-4-5-21(17-24)9-14-26-15-11-23-10-13-25(32)18-28(23)34-26/h2-8,10-11,13,15,17-18,20,29H,9,12,14,16,19H2,1H3,(H2,33,39)(H,35,36,37,38). The van der Waals surface area contributed by atoms with Crippen molar-refractivity contribution in [3.8, 4) is 0 Å². The van der Waals surface area contributed by atoms with Crippen molar-refractivity contribution >= 4 is 40.2 Å². The Hall–Kier alpha value is -3.75. The number of amides is 1. The summed E-state index contributed by atoms with van der Waals surface area (Å²) in [6.45, 7) is 2.11. The maximum absolute atomic E-state index is 12.0. The largest absolute Gasteiger partial charge is 0.366 e. The molecule has 0 aliphatic rings. The highest BCUT2D eigenvalue weighted by Crippen LogP contribution is 2.36. The van der Waals surface area contributed by atoms with Gasteiger partial charge in [0.05, 0.1) is 5.52 Å². The Bertz CT molecular complexity index is 1590. The predicted octanol–water partition coefficient (Wildman–Crippen LogP) is 6.50. The molecule has 0 bridgehead atoms. The lowest BCUT2D eigenvalue weighted by atomic mass is 9.97. The molecule has 3 N–H and O–H groups in total. The predicted molar refractivity (Wildman–Crippen MR) is 162 cm³/mol. The molecule has 1 amide bonds. The van der Waals surface area contributed by atoms with E-state index in [1.165, 1.54) is 11.1 Å². The van der Waals surface area contributed by atoms with Crippen molar-refractivity contribution in [2.45, 2.75) is 43.8 Å². The molecule has 9 heteroatoms. The van der Waals surface area contributed by atoms with Gasteiger partial charge in [-0.1, -0.05) is 78.3 Å². The lowest BCUT2D eigenvalue weighted by molar-refractivity contribution is 0.0999. The van der Waals surface area contributed by atoms with Gasteiger partial charge in [-0.25, -0.2) is 0 Å². The second-order valence-electron chi connectivity index (χ2n) is 9.94. The minimum absolute atomic E-state index is 0.153. The van der Waals surface area contributed by atoms with Gasteiger partial charge in [0.2, 0.25) is 5.91 Å².